The molecule has 2 aliphatic rings. The van der Waals surface area contributed by atoms with Gasteiger partial charge >= 0.3 is 0 Å². The maximum absolute atomic E-state index is 13.2. The van der Waals surface area contributed by atoms with Crippen LogP contribution in [-0.4, -0.2) is 32.6 Å². The summed E-state index contributed by atoms with van der Waals surface area (Å²) in [6, 6.07) is 13.0. The van der Waals surface area contributed by atoms with Gasteiger partial charge in [-0.25, -0.2) is 8.42 Å². The molecule has 0 saturated heterocycles. The Balaban J connectivity index is 1.39. The molecule has 0 radical (unpaired) electrons. The zero-order chi connectivity index (χ0) is 21.6. The van der Waals surface area contributed by atoms with Gasteiger partial charge in [-0.15, -0.1) is 11.3 Å². The molecule has 1 aromatic heterocycles. The number of thiophene rings is 1. The Bertz CT molecular complexity index is 1270. The van der Waals surface area contributed by atoms with E-state index in [0.29, 0.717) is 29.3 Å². The fourth-order valence-corrected chi connectivity index (χ4v) is 5.98. The second-order valence-electron chi connectivity index (χ2n) is 7.43. The van der Waals surface area contributed by atoms with E-state index in [-0.39, 0.29) is 23.6 Å². The summed E-state index contributed by atoms with van der Waals surface area (Å²) in [5.74, 6) is 0.875. The van der Waals surface area contributed by atoms with Crippen LogP contribution < -0.4 is 14.2 Å². The van der Waals surface area contributed by atoms with E-state index >= 15 is 0 Å². The number of hydrogen-bond acceptors (Lipinski definition) is 6. The molecule has 1 atom stereocenters. The summed E-state index contributed by atoms with van der Waals surface area (Å²) in [7, 11) is -3.89. The summed E-state index contributed by atoms with van der Waals surface area (Å²) in [6.07, 6.45) is 0.812. The van der Waals surface area contributed by atoms with Gasteiger partial charge in [0.15, 0.2) is 11.5 Å². The van der Waals surface area contributed by atoms with Gasteiger partial charge in [-0.05, 0) is 60.7 Å². The van der Waals surface area contributed by atoms with E-state index in [1.165, 1.54) is 17.0 Å². The second kappa shape index (κ2) is 7.58. The van der Waals surface area contributed by atoms with Gasteiger partial charge in [0.25, 0.3) is 15.9 Å². The number of benzene rings is 2. The molecule has 0 spiro atoms. The predicted molar refractivity (Wildman–Crippen MR) is 117 cm³/mol. The van der Waals surface area contributed by atoms with Gasteiger partial charge in [0.1, 0.15) is 0 Å². The highest BCUT2D eigenvalue weighted by Crippen LogP contribution is 2.35. The van der Waals surface area contributed by atoms with Crippen LogP contribution in [0.15, 0.2) is 58.8 Å². The first-order chi connectivity index (χ1) is 14.9. The van der Waals surface area contributed by atoms with Crippen molar-refractivity contribution in [2.75, 3.05) is 18.1 Å². The Hall–Kier alpha value is -3.04. The number of nitrogens with zero attached hydrogens (tertiary/aromatic N) is 1. The van der Waals surface area contributed by atoms with Crippen molar-refractivity contribution < 1.29 is 22.7 Å². The van der Waals surface area contributed by atoms with Gasteiger partial charge < -0.3 is 14.4 Å². The molecule has 0 bridgehead atoms. The summed E-state index contributed by atoms with van der Waals surface area (Å²) in [5.41, 5.74) is 1.87. The monoisotopic (exact) mass is 456 g/mol. The average molecular weight is 457 g/mol. The summed E-state index contributed by atoms with van der Waals surface area (Å²) >= 11 is 1.71. The van der Waals surface area contributed by atoms with Crippen molar-refractivity contribution in [1.82, 2.24) is 4.90 Å². The molecule has 160 valence electrons. The number of rotatable bonds is 4. The maximum atomic E-state index is 13.2. The van der Waals surface area contributed by atoms with Gasteiger partial charge in [-0.2, -0.15) is 0 Å². The lowest BCUT2D eigenvalue weighted by Crippen LogP contribution is -2.38. The highest BCUT2D eigenvalue weighted by atomic mass is 32.2. The lowest BCUT2D eigenvalue weighted by Gasteiger charge is -2.33. The minimum absolute atomic E-state index is 0.0249. The molecule has 5 rings (SSSR count). The van der Waals surface area contributed by atoms with Crippen LogP contribution in [0.3, 0.4) is 0 Å². The Labute approximate surface area is 184 Å². The number of ether oxygens (including phenoxy) is 2. The average Bonchev–Trinajstić information content (AvgIpc) is 3.43. The number of nitrogens with one attached hydrogen (secondary N) is 1. The summed E-state index contributed by atoms with van der Waals surface area (Å²) in [6.45, 7) is 2.72. The number of carbonyl (C=O) groups excluding carboxylic acids is 1. The number of anilines is 1. The molecule has 2 aliphatic heterocycles. The lowest BCUT2D eigenvalue weighted by atomic mass is 10.0. The van der Waals surface area contributed by atoms with Gasteiger partial charge in [0, 0.05) is 23.1 Å². The van der Waals surface area contributed by atoms with Crippen LogP contribution in [0.1, 0.15) is 33.8 Å². The molecule has 3 aromatic rings. The molecule has 2 aromatic carbocycles. The molecule has 1 N–H and O–H groups in total. The topological polar surface area (TPSA) is 84.9 Å². The zero-order valence-corrected chi connectivity index (χ0v) is 18.3. The van der Waals surface area contributed by atoms with E-state index in [1.54, 1.807) is 46.6 Å². The molecule has 7 nitrogen and oxygen atoms in total. The Morgan fingerprint density at radius 1 is 1.13 bits per heavy atom. The van der Waals surface area contributed by atoms with Crippen molar-refractivity contribution in [3.63, 3.8) is 0 Å². The minimum atomic E-state index is -3.89. The molecule has 3 heterocycles. The van der Waals surface area contributed by atoms with Crippen LogP contribution in [0.4, 0.5) is 5.69 Å². The van der Waals surface area contributed by atoms with Crippen LogP contribution in [0.2, 0.25) is 0 Å². The molecule has 31 heavy (non-hydrogen) atoms. The van der Waals surface area contributed by atoms with E-state index in [2.05, 4.69) is 10.8 Å². The first-order valence-electron chi connectivity index (χ1n) is 9.82. The number of amides is 1. The summed E-state index contributed by atoms with van der Waals surface area (Å²) in [4.78, 5) is 16.3. The smallest absolute Gasteiger partial charge is 0.261 e. The Kier molecular flexibility index (Phi) is 4.86. The predicted octanol–water partition coefficient (Wildman–Crippen LogP) is 4.04. The van der Waals surface area contributed by atoms with Crippen LogP contribution in [0.25, 0.3) is 0 Å². The number of fused-ring (bicyclic) bond motifs is 2. The van der Waals surface area contributed by atoms with Gasteiger partial charge in [0.05, 0.1) is 16.6 Å². The van der Waals surface area contributed by atoms with Crippen LogP contribution in [0.5, 0.6) is 11.5 Å². The maximum Gasteiger partial charge on any atom is 0.261 e. The zero-order valence-electron chi connectivity index (χ0n) is 16.7. The molecule has 0 fully saturated rings. The molecule has 1 amide bonds. The van der Waals surface area contributed by atoms with E-state index in [4.69, 9.17) is 9.47 Å². The fraction of sp³-hybridized carbons (Fsp3) is 0.227. The third-order valence-electron chi connectivity index (χ3n) is 5.55. The van der Waals surface area contributed by atoms with Gasteiger partial charge in [-0.3, -0.25) is 9.52 Å². The van der Waals surface area contributed by atoms with E-state index < -0.39 is 10.0 Å². The third kappa shape index (κ3) is 3.64. The normalized spacial score (nSPS) is 17.3. The first kappa shape index (κ1) is 19.9. The molecule has 0 saturated carbocycles. The minimum Gasteiger partial charge on any atom is -0.454 e. The van der Waals surface area contributed by atoms with Crippen molar-refractivity contribution >= 4 is 33.0 Å². The molecule has 9 heteroatoms. The molecular formula is C22H20N2O5S2. The lowest BCUT2D eigenvalue weighted by molar-refractivity contribution is 0.0679. The third-order valence-corrected chi connectivity index (χ3v) is 7.93. The van der Waals surface area contributed by atoms with Crippen molar-refractivity contribution in [2.24, 2.45) is 0 Å². The number of hydrogen-bond donors (Lipinski definition) is 1. The van der Waals surface area contributed by atoms with Crippen LogP contribution >= 0.6 is 11.3 Å². The van der Waals surface area contributed by atoms with Crippen molar-refractivity contribution in [1.29, 1.82) is 0 Å². The molecule has 0 aliphatic carbocycles. The van der Waals surface area contributed by atoms with Crippen molar-refractivity contribution in [3.8, 4) is 11.5 Å². The SMILES string of the molecule is C[C@@H]1c2ccsc2CCN1C(=O)c1cccc(S(=O)(=O)Nc2ccc3c(c2)OCO3)c1. The van der Waals surface area contributed by atoms with Gasteiger partial charge in [0.2, 0.25) is 6.79 Å². The van der Waals surface area contributed by atoms with Crippen molar-refractivity contribution in [2.45, 2.75) is 24.3 Å². The van der Waals surface area contributed by atoms with E-state index in [9.17, 15) is 13.2 Å². The van der Waals surface area contributed by atoms with Crippen LogP contribution in [0, 0.1) is 0 Å². The number of carbonyl (C=O) groups is 1. The quantitative estimate of drug-likeness (QED) is 0.641. The van der Waals surface area contributed by atoms with E-state index in [1.807, 2.05) is 12.3 Å². The van der Waals surface area contributed by atoms with Crippen LogP contribution in [-0.2, 0) is 16.4 Å². The highest BCUT2D eigenvalue weighted by Gasteiger charge is 2.29. The molecular weight excluding hydrogens is 436 g/mol. The number of sulfonamides is 1. The molecule has 0 unspecified atom stereocenters. The summed E-state index contributed by atoms with van der Waals surface area (Å²) < 4.78 is 39.0. The Morgan fingerprint density at radius 2 is 1.97 bits per heavy atom. The van der Waals surface area contributed by atoms with Crippen molar-refractivity contribution in [3.05, 3.63) is 69.9 Å². The second-order valence-corrected chi connectivity index (χ2v) is 10.1. The highest BCUT2D eigenvalue weighted by molar-refractivity contribution is 7.92. The van der Waals surface area contributed by atoms with Gasteiger partial charge in [-0.1, -0.05) is 6.07 Å². The largest absolute Gasteiger partial charge is 0.454 e. The summed E-state index contributed by atoms with van der Waals surface area (Å²) in [5, 5.41) is 2.05. The first-order valence-corrected chi connectivity index (χ1v) is 12.2. The fourth-order valence-electron chi connectivity index (χ4n) is 3.92. The standard InChI is InChI=1S/C22H20N2O5S2/c1-14-18-8-10-30-21(18)7-9-24(14)22(25)15-3-2-4-17(11-15)31(26,27)23-16-5-6-19-20(12-16)29-13-28-19/h2-6,8,10-12,14,23H,7,9,13H2,1H3/t14-/m1/s1. The Morgan fingerprint density at radius 3 is 2.84 bits per heavy atom. The van der Waals surface area contributed by atoms with E-state index in [0.717, 1.165) is 12.0 Å².